The van der Waals surface area contributed by atoms with Gasteiger partial charge in [-0.15, -0.1) is 0 Å². The summed E-state index contributed by atoms with van der Waals surface area (Å²) >= 11 is 0. The van der Waals surface area contributed by atoms with Crippen LogP contribution in [-0.4, -0.2) is 13.1 Å². The highest BCUT2D eigenvalue weighted by Crippen LogP contribution is 2.42. The first-order valence-electron chi connectivity index (χ1n) is 8.19. The van der Waals surface area contributed by atoms with Crippen LogP contribution in [0.3, 0.4) is 0 Å². The summed E-state index contributed by atoms with van der Waals surface area (Å²) in [5.74, 6) is 2.37. The summed E-state index contributed by atoms with van der Waals surface area (Å²) in [5.41, 5.74) is 3.24. The van der Waals surface area contributed by atoms with Crippen LogP contribution in [0.2, 0.25) is 0 Å². The van der Waals surface area contributed by atoms with Gasteiger partial charge in [0.2, 0.25) is 0 Å². The van der Waals surface area contributed by atoms with Crippen molar-refractivity contribution in [1.82, 2.24) is 5.32 Å². The Kier molecular flexibility index (Phi) is 4.90. The van der Waals surface area contributed by atoms with Crippen LogP contribution in [0, 0.1) is 11.8 Å². The molecule has 1 heteroatoms. The van der Waals surface area contributed by atoms with Crippen molar-refractivity contribution in [2.75, 3.05) is 13.1 Å². The van der Waals surface area contributed by atoms with E-state index in [2.05, 4.69) is 64.2 Å². The van der Waals surface area contributed by atoms with Crippen LogP contribution in [0.4, 0.5) is 0 Å². The summed E-state index contributed by atoms with van der Waals surface area (Å²) in [5, 5.41) is 3.62. The standard InChI is InChI=1S/C19H31N/c1-14(2)12-20-13-16-8-11-18(16)15-6-9-17(10-7-15)19(3,4)5/h6-7,9-10,14,16,18,20H,8,11-13H2,1-5H3. The van der Waals surface area contributed by atoms with Gasteiger partial charge in [-0.3, -0.25) is 0 Å². The molecule has 1 N–H and O–H groups in total. The van der Waals surface area contributed by atoms with E-state index >= 15 is 0 Å². The largest absolute Gasteiger partial charge is 0.316 e. The van der Waals surface area contributed by atoms with Gasteiger partial charge in [0, 0.05) is 0 Å². The van der Waals surface area contributed by atoms with Gasteiger partial charge in [0.15, 0.2) is 0 Å². The van der Waals surface area contributed by atoms with Crippen molar-refractivity contribution in [3.05, 3.63) is 35.4 Å². The molecular weight excluding hydrogens is 242 g/mol. The van der Waals surface area contributed by atoms with E-state index in [4.69, 9.17) is 0 Å². The first-order valence-corrected chi connectivity index (χ1v) is 8.19. The molecule has 1 aromatic rings. The van der Waals surface area contributed by atoms with E-state index in [1.54, 1.807) is 5.56 Å². The number of hydrogen-bond donors (Lipinski definition) is 1. The highest BCUT2D eigenvalue weighted by atomic mass is 14.9. The third-order valence-electron chi connectivity index (χ3n) is 4.58. The minimum Gasteiger partial charge on any atom is -0.316 e. The summed E-state index contributed by atoms with van der Waals surface area (Å²) in [7, 11) is 0. The summed E-state index contributed by atoms with van der Waals surface area (Å²) in [6.45, 7) is 13.7. The Morgan fingerprint density at radius 2 is 1.75 bits per heavy atom. The van der Waals surface area contributed by atoms with Crippen LogP contribution >= 0.6 is 0 Å². The predicted molar refractivity (Wildman–Crippen MR) is 88.3 cm³/mol. The van der Waals surface area contributed by atoms with E-state index in [1.807, 2.05) is 0 Å². The van der Waals surface area contributed by atoms with Gasteiger partial charge < -0.3 is 5.32 Å². The minimum absolute atomic E-state index is 0.260. The van der Waals surface area contributed by atoms with Crippen molar-refractivity contribution in [3.8, 4) is 0 Å². The maximum atomic E-state index is 3.62. The maximum Gasteiger partial charge on any atom is -0.00146 e. The Morgan fingerprint density at radius 3 is 2.20 bits per heavy atom. The number of hydrogen-bond acceptors (Lipinski definition) is 1. The van der Waals surface area contributed by atoms with E-state index < -0.39 is 0 Å². The number of rotatable bonds is 5. The molecule has 1 nitrogen and oxygen atoms in total. The third kappa shape index (κ3) is 3.85. The molecule has 0 spiro atoms. The molecule has 2 atom stereocenters. The van der Waals surface area contributed by atoms with Crippen LogP contribution in [0.5, 0.6) is 0 Å². The molecule has 0 amide bonds. The molecule has 2 unspecified atom stereocenters. The van der Waals surface area contributed by atoms with Gasteiger partial charge in [0.25, 0.3) is 0 Å². The van der Waals surface area contributed by atoms with Crippen molar-refractivity contribution in [1.29, 1.82) is 0 Å². The minimum atomic E-state index is 0.260. The quantitative estimate of drug-likeness (QED) is 0.818. The normalized spacial score (nSPS) is 22.9. The lowest BCUT2D eigenvalue weighted by Crippen LogP contribution is -2.35. The monoisotopic (exact) mass is 273 g/mol. The van der Waals surface area contributed by atoms with E-state index in [-0.39, 0.29) is 5.41 Å². The molecule has 1 saturated carbocycles. The number of benzene rings is 1. The van der Waals surface area contributed by atoms with Gasteiger partial charge in [-0.2, -0.15) is 0 Å². The first-order chi connectivity index (χ1) is 9.38. The summed E-state index contributed by atoms with van der Waals surface area (Å²) in [6, 6.07) is 9.37. The third-order valence-corrected chi connectivity index (χ3v) is 4.58. The average Bonchev–Trinajstić information content (AvgIpc) is 2.32. The molecular formula is C19H31N. The second-order valence-electron chi connectivity index (χ2n) is 7.87. The van der Waals surface area contributed by atoms with Crippen LogP contribution in [-0.2, 0) is 5.41 Å². The van der Waals surface area contributed by atoms with E-state index in [1.165, 1.54) is 24.9 Å². The Hall–Kier alpha value is -0.820. The summed E-state index contributed by atoms with van der Waals surface area (Å²) in [6.07, 6.45) is 2.75. The van der Waals surface area contributed by atoms with Crippen LogP contribution in [0.15, 0.2) is 24.3 Å². The average molecular weight is 273 g/mol. The van der Waals surface area contributed by atoms with Gasteiger partial charge in [-0.1, -0.05) is 58.9 Å². The first kappa shape index (κ1) is 15.6. The lowest BCUT2D eigenvalue weighted by molar-refractivity contribution is 0.243. The molecule has 1 aliphatic carbocycles. The molecule has 0 saturated heterocycles. The highest BCUT2D eigenvalue weighted by Gasteiger charge is 2.31. The van der Waals surface area contributed by atoms with Gasteiger partial charge >= 0.3 is 0 Å². The Morgan fingerprint density at radius 1 is 1.10 bits per heavy atom. The molecule has 0 radical (unpaired) electrons. The van der Waals surface area contributed by atoms with E-state index in [9.17, 15) is 0 Å². The van der Waals surface area contributed by atoms with Crippen molar-refractivity contribution < 1.29 is 0 Å². The Balaban J connectivity index is 1.91. The predicted octanol–water partition coefficient (Wildman–Crippen LogP) is 4.72. The second-order valence-corrected chi connectivity index (χ2v) is 7.87. The van der Waals surface area contributed by atoms with Crippen molar-refractivity contribution in [2.24, 2.45) is 11.8 Å². The van der Waals surface area contributed by atoms with Crippen molar-refractivity contribution in [3.63, 3.8) is 0 Å². The summed E-state index contributed by atoms with van der Waals surface area (Å²) < 4.78 is 0. The molecule has 0 heterocycles. The lowest BCUT2D eigenvalue weighted by atomic mass is 9.69. The molecule has 1 aliphatic rings. The molecule has 0 aromatic heterocycles. The fourth-order valence-corrected chi connectivity index (χ4v) is 3.04. The van der Waals surface area contributed by atoms with Gasteiger partial charge in [-0.25, -0.2) is 0 Å². The second kappa shape index (κ2) is 6.30. The zero-order chi connectivity index (χ0) is 14.8. The molecule has 112 valence electrons. The van der Waals surface area contributed by atoms with Gasteiger partial charge in [0.05, 0.1) is 0 Å². The number of nitrogens with one attached hydrogen (secondary N) is 1. The molecule has 2 rings (SSSR count). The molecule has 1 fully saturated rings. The fourth-order valence-electron chi connectivity index (χ4n) is 3.04. The molecule has 0 bridgehead atoms. The molecule has 1 aromatic carbocycles. The zero-order valence-electron chi connectivity index (χ0n) is 13.9. The van der Waals surface area contributed by atoms with Crippen LogP contribution < -0.4 is 5.32 Å². The zero-order valence-corrected chi connectivity index (χ0v) is 13.9. The smallest absolute Gasteiger partial charge is 0.00146 e. The van der Waals surface area contributed by atoms with E-state index in [0.717, 1.165) is 24.3 Å². The highest BCUT2D eigenvalue weighted by molar-refractivity contribution is 5.31. The lowest BCUT2D eigenvalue weighted by Gasteiger charge is -2.37. The Bertz CT molecular complexity index is 410. The van der Waals surface area contributed by atoms with Crippen LogP contribution in [0.1, 0.15) is 64.5 Å². The van der Waals surface area contributed by atoms with Gasteiger partial charge in [0.1, 0.15) is 0 Å². The van der Waals surface area contributed by atoms with Gasteiger partial charge in [-0.05, 0) is 60.2 Å². The fraction of sp³-hybridized carbons (Fsp3) is 0.684. The van der Waals surface area contributed by atoms with Crippen LogP contribution in [0.25, 0.3) is 0 Å². The van der Waals surface area contributed by atoms with Crippen molar-refractivity contribution in [2.45, 2.75) is 58.8 Å². The summed E-state index contributed by atoms with van der Waals surface area (Å²) in [4.78, 5) is 0. The molecule has 20 heavy (non-hydrogen) atoms. The SMILES string of the molecule is CC(C)CNCC1CCC1c1ccc(C(C)(C)C)cc1. The Labute approximate surface area is 125 Å². The molecule has 0 aliphatic heterocycles. The topological polar surface area (TPSA) is 12.0 Å². The maximum absolute atomic E-state index is 3.62. The van der Waals surface area contributed by atoms with E-state index in [0.29, 0.717) is 0 Å². The van der Waals surface area contributed by atoms with Crippen molar-refractivity contribution >= 4 is 0 Å².